The molecule has 3 aromatic rings. The van der Waals surface area contributed by atoms with Crippen molar-refractivity contribution in [3.63, 3.8) is 0 Å². The van der Waals surface area contributed by atoms with Crippen LogP contribution in [0.5, 0.6) is 0 Å². The number of rotatable bonds is 5. The van der Waals surface area contributed by atoms with Crippen molar-refractivity contribution >= 4 is 51.3 Å². The molecule has 4 rings (SSSR count). The maximum Gasteiger partial charge on any atom is 0.270 e. The normalized spacial score (nSPS) is 15.9. The zero-order valence-electron chi connectivity index (χ0n) is 16.2. The smallest absolute Gasteiger partial charge is 0.270 e. The van der Waals surface area contributed by atoms with Gasteiger partial charge in [0.05, 0.1) is 15.5 Å². The summed E-state index contributed by atoms with van der Waals surface area (Å²) >= 11 is 7.18. The Morgan fingerprint density at radius 1 is 1.29 bits per heavy atom. The second-order valence-electron chi connectivity index (χ2n) is 7.07. The van der Waals surface area contributed by atoms with Crippen molar-refractivity contribution in [2.24, 2.45) is 0 Å². The number of nitrogens with zero attached hydrogens (tertiary/aromatic N) is 4. The summed E-state index contributed by atoms with van der Waals surface area (Å²) in [5.41, 5.74) is 1.63. The van der Waals surface area contributed by atoms with E-state index in [2.05, 4.69) is 15.5 Å². The van der Waals surface area contributed by atoms with E-state index in [9.17, 15) is 19.7 Å². The molecule has 1 aliphatic rings. The van der Waals surface area contributed by atoms with Gasteiger partial charge in [0.25, 0.3) is 11.6 Å². The number of non-ortho nitro benzene ring substituents is 1. The minimum atomic E-state index is -0.625. The minimum absolute atomic E-state index is 0.000220. The first-order chi connectivity index (χ1) is 14.8. The van der Waals surface area contributed by atoms with Gasteiger partial charge in [-0.3, -0.25) is 25.0 Å². The largest absolute Gasteiger partial charge is 0.312 e. The molecule has 0 aliphatic carbocycles. The number of anilines is 2. The molecule has 0 bridgehead atoms. The second-order valence-corrected chi connectivity index (χ2v) is 8.48. The van der Waals surface area contributed by atoms with Crippen molar-refractivity contribution in [1.82, 2.24) is 10.2 Å². The summed E-state index contributed by atoms with van der Waals surface area (Å²) in [6.45, 7) is 2.44. The zero-order chi connectivity index (χ0) is 22.1. The molecule has 1 N–H and O–H groups in total. The molecule has 0 spiro atoms. The molecular weight excluding hydrogens is 442 g/mol. The quantitative estimate of drug-likeness (QED) is 0.453. The number of aromatic nitrogens is 2. The van der Waals surface area contributed by atoms with Crippen molar-refractivity contribution < 1.29 is 14.5 Å². The van der Waals surface area contributed by atoms with Gasteiger partial charge in [-0.1, -0.05) is 35.1 Å². The van der Waals surface area contributed by atoms with Crippen LogP contribution in [-0.2, 0) is 4.79 Å². The number of aryl methyl sites for hydroxylation is 1. The highest BCUT2D eigenvalue weighted by molar-refractivity contribution is 7.15. The standard InChI is InChI=1S/C20H16ClN5O4S/c1-11-3-2-4-13(7-11)25-10-12(8-17(25)27)19-23-24-20(31-19)22-18(28)15-9-14(26(29)30)5-6-16(15)21/h2-7,9,12H,8,10H2,1H3,(H,22,24,28). The minimum Gasteiger partial charge on any atom is -0.312 e. The van der Waals surface area contributed by atoms with Crippen LogP contribution in [-0.4, -0.2) is 33.5 Å². The fourth-order valence-corrected chi connectivity index (χ4v) is 4.37. The lowest BCUT2D eigenvalue weighted by Gasteiger charge is -2.16. The molecular formula is C20H16ClN5O4S. The zero-order valence-corrected chi connectivity index (χ0v) is 17.8. The van der Waals surface area contributed by atoms with Crippen molar-refractivity contribution in [2.75, 3.05) is 16.8 Å². The molecule has 1 aliphatic heterocycles. The number of hydrogen-bond acceptors (Lipinski definition) is 7. The van der Waals surface area contributed by atoms with E-state index >= 15 is 0 Å². The Bertz CT molecular complexity index is 1200. The lowest BCUT2D eigenvalue weighted by atomic mass is 10.1. The van der Waals surface area contributed by atoms with E-state index in [0.717, 1.165) is 28.7 Å². The van der Waals surface area contributed by atoms with E-state index in [1.165, 1.54) is 12.1 Å². The van der Waals surface area contributed by atoms with Crippen LogP contribution in [0.15, 0.2) is 42.5 Å². The topological polar surface area (TPSA) is 118 Å². The number of benzene rings is 2. The molecule has 9 nitrogen and oxygen atoms in total. The molecule has 1 saturated heterocycles. The van der Waals surface area contributed by atoms with Crippen molar-refractivity contribution in [3.8, 4) is 0 Å². The van der Waals surface area contributed by atoms with E-state index in [1.54, 1.807) is 4.90 Å². The molecule has 31 heavy (non-hydrogen) atoms. The Morgan fingerprint density at radius 2 is 2.10 bits per heavy atom. The Balaban J connectivity index is 1.48. The Labute approximate surface area is 185 Å². The highest BCUT2D eigenvalue weighted by Gasteiger charge is 2.34. The highest BCUT2D eigenvalue weighted by atomic mass is 35.5. The maximum atomic E-state index is 12.5. The van der Waals surface area contributed by atoms with E-state index in [4.69, 9.17) is 11.6 Å². The monoisotopic (exact) mass is 457 g/mol. The van der Waals surface area contributed by atoms with Crippen LogP contribution in [0.2, 0.25) is 5.02 Å². The van der Waals surface area contributed by atoms with Crippen molar-refractivity contribution in [3.05, 3.63) is 73.7 Å². The predicted octanol–water partition coefficient (Wildman–Crippen LogP) is 4.18. The number of halogens is 1. The summed E-state index contributed by atoms with van der Waals surface area (Å²) in [4.78, 5) is 37.1. The molecule has 11 heteroatoms. The van der Waals surface area contributed by atoms with Crippen LogP contribution in [0, 0.1) is 17.0 Å². The van der Waals surface area contributed by atoms with Crippen LogP contribution < -0.4 is 10.2 Å². The van der Waals surface area contributed by atoms with E-state index in [-0.39, 0.29) is 33.2 Å². The molecule has 2 aromatic carbocycles. The summed E-state index contributed by atoms with van der Waals surface area (Å²) in [6, 6.07) is 11.3. The first-order valence-electron chi connectivity index (χ1n) is 9.27. The van der Waals surface area contributed by atoms with Gasteiger partial charge < -0.3 is 4.90 Å². The lowest BCUT2D eigenvalue weighted by molar-refractivity contribution is -0.384. The molecule has 1 aromatic heterocycles. The average Bonchev–Trinajstić information content (AvgIpc) is 3.34. The summed E-state index contributed by atoms with van der Waals surface area (Å²) < 4.78 is 0. The summed E-state index contributed by atoms with van der Waals surface area (Å²) in [5.74, 6) is -0.766. The number of nitro benzene ring substituents is 1. The van der Waals surface area contributed by atoms with Gasteiger partial charge in [-0.2, -0.15) is 0 Å². The van der Waals surface area contributed by atoms with Crippen LogP contribution in [0.1, 0.15) is 33.3 Å². The maximum absolute atomic E-state index is 12.5. The molecule has 1 atom stereocenters. The summed E-state index contributed by atoms with van der Waals surface area (Å²) in [5, 5.41) is 22.6. The summed E-state index contributed by atoms with van der Waals surface area (Å²) in [6.07, 6.45) is 0.299. The van der Waals surface area contributed by atoms with Crippen LogP contribution in [0.3, 0.4) is 0 Å². The fourth-order valence-electron chi connectivity index (χ4n) is 3.33. The first-order valence-corrected chi connectivity index (χ1v) is 10.5. The van der Waals surface area contributed by atoms with Crippen molar-refractivity contribution in [1.29, 1.82) is 0 Å². The molecule has 1 fully saturated rings. The van der Waals surface area contributed by atoms with Crippen molar-refractivity contribution in [2.45, 2.75) is 19.3 Å². The van der Waals surface area contributed by atoms with Gasteiger partial charge in [-0.05, 0) is 30.7 Å². The van der Waals surface area contributed by atoms with Gasteiger partial charge in [0, 0.05) is 36.7 Å². The Kier molecular flexibility index (Phi) is 5.66. The molecule has 0 radical (unpaired) electrons. The molecule has 158 valence electrons. The third-order valence-corrected chi connectivity index (χ3v) is 6.18. The molecule has 2 heterocycles. The number of hydrogen-bond donors (Lipinski definition) is 1. The Morgan fingerprint density at radius 3 is 2.84 bits per heavy atom. The number of carbonyl (C=O) groups is 2. The third-order valence-electron chi connectivity index (χ3n) is 4.85. The number of carbonyl (C=O) groups excluding carboxylic acids is 2. The number of nitro groups is 1. The van der Waals surface area contributed by atoms with E-state index < -0.39 is 10.8 Å². The summed E-state index contributed by atoms with van der Waals surface area (Å²) in [7, 11) is 0. The van der Waals surface area contributed by atoms with Crippen LogP contribution in [0.4, 0.5) is 16.5 Å². The van der Waals surface area contributed by atoms with E-state index in [1.807, 2.05) is 31.2 Å². The SMILES string of the molecule is Cc1cccc(N2CC(c3nnc(NC(=O)c4cc([N+](=O)[O-])ccc4Cl)s3)CC2=O)c1. The average molecular weight is 458 g/mol. The van der Waals surface area contributed by atoms with Gasteiger partial charge in [0.2, 0.25) is 11.0 Å². The molecule has 2 amide bonds. The number of amides is 2. The van der Waals surface area contributed by atoms with Gasteiger partial charge >= 0.3 is 0 Å². The fraction of sp³-hybridized carbons (Fsp3) is 0.200. The van der Waals surface area contributed by atoms with Gasteiger partial charge in [0.15, 0.2) is 0 Å². The van der Waals surface area contributed by atoms with E-state index in [0.29, 0.717) is 18.0 Å². The predicted molar refractivity (Wildman–Crippen MR) is 117 cm³/mol. The highest BCUT2D eigenvalue weighted by Crippen LogP contribution is 2.34. The van der Waals surface area contributed by atoms with Crippen LogP contribution in [0.25, 0.3) is 0 Å². The molecule has 1 unspecified atom stereocenters. The number of nitrogens with one attached hydrogen (secondary N) is 1. The van der Waals surface area contributed by atoms with Gasteiger partial charge in [0.1, 0.15) is 5.01 Å². The third kappa shape index (κ3) is 4.39. The van der Waals surface area contributed by atoms with Gasteiger partial charge in [-0.15, -0.1) is 10.2 Å². The van der Waals surface area contributed by atoms with Crippen LogP contribution >= 0.6 is 22.9 Å². The Hall–Kier alpha value is -3.37. The first kappa shape index (κ1) is 20.9. The van der Waals surface area contributed by atoms with Gasteiger partial charge in [-0.25, -0.2) is 0 Å². The second kappa shape index (κ2) is 8.40. The lowest BCUT2D eigenvalue weighted by Crippen LogP contribution is -2.24. The molecule has 0 saturated carbocycles.